The highest BCUT2D eigenvalue weighted by atomic mass is 19.1. The number of benzene rings is 1. The van der Waals surface area contributed by atoms with Crippen molar-refractivity contribution in [3.63, 3.8) is 0 Å². The van der Waals surface area contributed by atoms with Crippen LogP contribution >= 0.6 is 0 Å². The molecule has 0 aliphatic carbocycles. The fourth-order valence-corrected chi connectivity index (χ4v) is 1.36. The summed E-state index contributed by atoms with van der Waals surface area (Å²) in [7, 11) is 1.85. The Balaban J connectivity index is 2.11. The van der Waals surface area contributed by atoms with Crippen LogP contribution in [0.5, 0.6) is 0 Å². The van der Waals surface area contributed by atoms with Crippen LogP contribution in [0, 0.1) is 5.82 Å². The maximum Gasteiger partial charge on any atom is 0.123 e. The fraction of sp³-hybridized carbons (Fsp3) is 0.182. The van der Waals surface area contributed by atoms with Gasteiger partial charge in [0.05, 0.1) is 18.4 Å². The molecule has 0 atom stereocenters. The largest absolute Gasteiger partial charge is 0.386 e. The SMILES string of the molecule is CNc1cnn(Cc2ccc(F)cc2)c1. The molecule has 0 spiro atoms. The summed E-state index contributed by atoms with van der Waals surface area (Å²) >= 11 is 0. The smallest absolute Gasteiger partial charge is 0.123 e. The first-order valence-electron chi connectivity index (χ1n) is 4.72. The van der Waals surface area contributed by atoms with Gasteiger partial charge in [0, 0.05) is 13.2 Å². The fourth-order valence-electron chi connectivity index (χ4n) is 1.36. The van der Waals surface area contributed by atoms with Gasteiger partial charge in [0.15, 0.2) is 0 Å². The Hall–Kier alpha value is -1.84. The molecule has 3 nitrogen and oxygen atoms in total. The van der Waals surface area contributed by atoms with Crippen molar-refractivity contribution in [2.45, 2.75) is 6.54 Å². The Labute approximate surface area is 87.5 Å². The van der Waals surface area contributed by atoms with Crippen molar-refractivity contribution in [3.05, 3.63) is 48.0 Å². The molecule has 0 amide bonds. The molecule has 1 heterocycles. The van der Waals surface area contributed by atoms with Crippen LogP contribution in [0.15, 0.2) is 36.7 Å². The number of aromatic nitrogens is 2. The lowest BCUT2D eigenvalue weighted by molar-refractivity contribution is 0.624. The topological polar surface area (TPSA) is 29.9 Å². The molecule has 0 aliphatic heterocycles. The van der Waals surface area contributed by atoms with Gasteiger partial charge < -0.3 is 5.32 Å². The second-order valence-corrected chi connectivity index (χ2v) is 3.30. The van der Waals surface area contributed by atoms with Gasteiger partial charge in [-0.15, -0.1) is 0 Å². The van der Waals surface area contributed by atoms with Gasteiger partial charge in [-0.1, -0.05) is 12.1 Å². The highest BCUT2D eigenvalue weighted by Crippen LogP contribution is 2.07. The molecule has 2 rings (SSSR count). The lowest BCUT2D eigenvalue weighted by Crippen LogP contribution is -1.99. The van der Waals surface area contributed by atoms with Gasteiger partial charge in [-0.2, -0.15) is 5.10 Å². The second-order valence-electron chi connectivity index (χ2n) is 3.30. The third kappa shape index (κ3) is 2.34. The first-order valence-corrected chi connectivity index (χ1v) is 4.72. The summed E-state index contributed by atoms with van der Waals surface area (Å²) in [4.78, 5) is 0. The molecule has 1 N–H and O–H groups in total. The third-order valence-corrected chi connectivity index (χ3v) is 2.18. The van der Waals surface area contributed by atoms with Crippen molar-refractivity contribution in [2.24, 2.45) is 0 Å². The van der Waals surface area contributed by atoms with E-state index < -0.39 is 0 Å². The summed E-state index contributed by atoms with van der Waals surface area (Å²) < 4.78 is 14.5. The quantitative estimate of drug-likeness (QED) is 0.831. The van der Waals surface area contributed by atoms with E-state index in [0.29, 0.717) is 6.54 Å². The Kier molecular flexibility index (Phi) is 2.67. The molecule has 0 radical (unpaired) electrons. The second kappa shape index (κ2) is 4.13. The monoisotopic (exact) mass is 205 g/mol. The van der Waals surface area contributed by atoms with E-state index in [1.54, 1.807) is 23.0 Å². The van der Waals surface area contributed by atoms with Crippen molar-refractivity contribution >= 4 is 5.69 Å². The van der Waals surface area contributed by atoms with Crippen LogP contribution in [0.3, 0.4) is 0 Å². The number of nitrogens with zero attached hydrogens (tertiary/aromatic N) is 2. The summed E-state index contributed by atoms with van der Waals surface area (Å²) in [5.41, 5.74) is 2.00. The summed E-state index contributed by atoms with van der Waals surface area (Å²) in [5.74, 6) is -0.213. The zero-order valence-electron chi connectivity index (χ0n) is 8.44. The van der Waals surface area contributed by atoms with Crippen molar-refractivity contribution in [1.82, 2.24) is 9.78 Å². The van der Waals surface area contributed by atoms with Gasteiger partial charge in [-0.3, -0.25) is 4.68 Å². The summed E-state index contributed by atoms with van der Waals surface area (Å²) in [6, 6.07) is 6.43. The van der Waals surface area contributed by atoms with E-state index in [-0.39, 0.29) is 5.82 Å². The number of hydrogen-bond donors (Lipinski definition) is 1. The van der Waals surface area contributed by atoms with Crippen molar-refractivity contribution in [1.29, 1.82) is 0 Å². The lowest BCUT2D eigenvalue weighted by atomic mass is 10.2. The van der Waals surface area contributed by atoms with E-state index in [9.17, 15) is 4.39 Å². The number of halogens is 1. The Morgan fingerprint density at radius 2 is 2.07 bits per heavy atom. The van der Waals surface area contributed by atoms with Gasteiger partial charge >= 0.3 is 0 Å². The summed E-state index contributed by atoms with van der Waals surface area (Å²) in [5, 5.41) is 7.16. The Morgan fingerprint density at radius 3 is 2.67 bits per heavy atom. The molecular weight excluding hydrogens is 193 g/mol. The molecule has 15 heavy (non-hydrogen) atoms. The van der Waals surface area contributed by atoms with Crippen LogP contribution in [0.25, 0.3) is 0 Å². The minimum Gasteiger partial charge on any atom is -0.386 e. The molecule has 1 aromatic heterocycles. The minimum atomic E-state index is -0.213. The molecule has 0 bridgehead atoms. The zero-order chi connectivity index (χ0) is 10.7. The average Bonchev–Trinajstić information content (AvgIpc) is 2.69. The van der Waals surface area contributed by atoms with Gasteiger partial charge in [-0.25, -0.2) is 4.39 Å². The van der Waals surface area contributed by atoms with Crippen LogP contribution in [0.1, 0.15) is 5.56 Å². The number of hydrogen-bond acceptors (Lipinski definition) is 2. The maximum absolute atomic E-state index is 12.7. The van der Waals surface area contributed by atoms with Crippen molar-refractivity contribution in [2.75, 3.05) is 12.4 Å². The van der Waals surface area contributed by atoms with E-state index in [2.05, 4.69) is 10.4 Å². The van der Waals surface area contributed by atoms with E-state index in [4.69, 9.17) is 0 Å². The molecule has 0 aliphatic rings. The molecule has 2 aromatic rings. The molecular formula is C11H12FN3. The van der Waals surface area contributed by atoms with Gasteiger partial charge in [-0.05, 0) is 17.7 Å². The van der Waals surface area contributed by atoms with Crippen molar-refractivity contribution in [3.8, 4) is 0 Å². The number of rotatable bonds is 3. The van der Waals surface area contributed by atoms with Crippen LogP contribution in [0.4, 0.5) is 10.1 Å². The molecule has 78 valence electrons. The highest BCUT2D eigenvalue weighted by molar-refractivity contribution is 5.37. The van der Waals surface area contributed by atoms with Gasteiger partial charge in [0.25, 0.3) is 0 Å². The van der Waals surface area contributed by atoms with Crippen LogP contribution in [0.2, 0.25) is 0 Å². The highest BCUT2D eigenvalue weighted by Gasteiger charge is 1.98. The zero-order valence-corrected chi connectivity index (χ0v) is 8.44. The Morgan fingerprint density at radius 1 is 1.33 bits per heavy atom. The first-order chi connectivity index (χ1) is 7.28. The Bertz CT molecular complexity index is 433. The molecule has 0 unspecified atom stereocenters. The van der Waals surface area contributed by atoms with Crippen LogP contribution in [-0.4, -0.2) is 16.8 Å². The van der Waals surface area contributed by atoms with Crippen LogP contribution in [-0.2, 0) is 6.54 Å². The van der Waals surface area contributed by atoms with Crippen LogP contribution < -0.4 is 5.32 Å². The molecule has 1 aromatic carbocycles. The molecule has 0 fully saturated rings. The third-order valence-electron chi connectivity index (χ3n) is 2.18. The predicted molar refractivity (Wildman–Crippen MR) is 57.3 cm³/mol. The van der Waals surface area contributed by atoms with E-state index in [0.717, 1.165) is 11.3 Å². The standard InChI is InChI=1S/C11H12FN3/c1-13-11-6-14-15(8-11)7-9-2-4-10(12)5-3-9/h2-6,8,13H,7H2,1H3. The number of anilines is 1. The normalized spacial score (nSPS) is 10.3. The van der Waals surface area contributed by atoms with E-state index in [1.165, 1.54) is 12.1 Å². The first kappa shape index (κ1) is 9.71. The van der Waals surface area contributed by atoms with Crippen molar-refractivity contribution < 1.29 is 4.39 Å². The number of nitrogens with one attached hydrogen (secondary N) is 1. The molecule has 4 heteroatoms. The molecule has 0 saturated carbocycles. The predicted octanol–water partition coefficient (Wildman–Crippen LogP) is 2.11. The summed E-state index contributed by atoms with van der Waals surface area (Å²) in [6.07, 6.45) is 3.66. The molecule has 0 saturated heterocycles. The maximum atomic E-state index is 12.7. The summed E-state index contributed by atoms with van der Waals surface area (Å²) in [6.45, 7) is 0.655. The minimum absolute atomic E-state index is 0.213. The van der Waals surface area contributed by atoms with Gasteiger partial charge in [0.2, 0.25) is 0 Å². The van der Waals surface area contributed by atoms with E-state index in [1.807, 2.05) is 13.2 Å². The van der Waals surface area contributed by atoms with Gasteiger partial charge in [0.1, 0.15) is 5.82 Å². The average molecular weight is 205 g/mol. The van der Waals surface area contributed by atoms with E-state index >= 15 is 0 Å². The lowest BCUT2D eigenvalue weighted by Gasteiger charge is -2.01.